The van der Waals surface area contributed by atoms with Crippen LogP contribution < -0.4 is 5.32 Å². The molecule has 1 aromatic heterocycles. The van der Waals surface area contributed by atoms with Gasteiger partial charge < -0.3 is 10.4 Å². The highest BCUT2D eigenvalue weighted by molar-refractivity contribution is 5.96. The predicted molar refractivity (Wildman–Crippen MR) is 64.8 cm³/mol. The van der Waals surface area contributed by atoms with Crippen LogP contribution in [-0.4, -0.2) is 22.5 Å². The van der Waals surface area contributed by atoms with Gasteiger partial charge in [-0.25, -0.2) is 0 Å². The van der Waals surface area contributed by atoms with Crippen LogP contribution in [0.1, 0.15) is 43.0 Å². The molecule has 1 heterocycles. The molecule has 1 amide bonds. The number of carbonyl (C=O) groups is 1. The summed E-state index contributed by atoms with van der Waals surface area (Å²) in [6.45, 7) is 2.88. The Bertz CT molecular complexity index is 412. The summed E-state index contributed by atoms with van der Waals surface area (Å²) in [7, 11) is 0. The first kappa shape index (κ1) is 11.9. The van der Waals surface area contributed by atoms with Gasteiger partial charge in [0.05, 0.1) is 11.8 Å². The molecule has 0 aliphatic heterocycles. The maximum atomic E-state index is 11.9. The molecule has 0 radical (unpaired) electrons. The second-order valence-corrected chi connectivity index (χ2v) is 5.09. The van der Waals surface area contributed by atoms with Crippen molar-refractivity contribution < 1.29 is 9.90 Å². The number of nitrogens with zero attached hydrogens (tertiary/aromatic N) is 1. The van der Waals surface area contributed by atoms with Gasteiger partial charge in [0.2, 0.25) is 0 Å². The number of carbonyl (C=O) groups excluding carboxylic acids is 1. The predicted octanol–water partition coefficient (Wildman–Crippen LogP) is 2.10. The summed E-state index contributed by atoms with van der Waals surface area (Å²) in [6, 6.07) is 1.53. The highest BCUT2D eigenvalue weighted by atomic mass is 16.3. The zero-order valence-electron chi connectivity index (χ0n) is 10.1. The molecule has 0 spiro atoms. The number of pyridine rings is 1. The molecule has 2 N–H and O–H groups in total. The lowest BCUT2D eigenvalue weighted by Gasteiger charge is -2.23. The van der Waals surface area contributed by atoms with E-state index in [-0.39, 0.29) is 17.1 Å². The van der Waals surface area contributed by atoms with Crippen LogP contribution in [0.25, 0.3) is 0 Å². The van der Waals surface area contributed by atoms with Crippen molar-refractivity contribution in [2.24, 2.45) is 5.41 Å². The first-order valence-corrected chi connectivity index (χ1v) is 6.02. The number of rotatable bonds is 3. The monoisotopic (exact) mass is 234 g/mol. The Morgan fingerprint density at radius 1 is 1.53 bits per heavy atom. The van der Waals surface area contributed by atoms with Gasteiger partial charge in [-0.3, -0.25) is 9.78 Å². The van der Waals surface area contributed by atoms with Gasteiger partial charge in [0.15, 0.2) is 0 Å². The Kier molecular flexibility index (Phi) is 3.31. The molecule has 17 heavy (non-hydrogen) atoms. The van der Waals surface area contributed by atoms with Gasteiger partial charge in [0.25, 0.3) is 5.91 Å². The van der Waals surface area contributed by atoms with Crippen LogP contribution >= 0.6 is 0 Å². The lowest BCUT2D eigenvalue weighted by Crippen LogP contribution is -2.34. The maximum Gasteiger partial charge on any atom is 0.255 e. The SMILES string of the molecule is CC1(CNC(=O)c2ccncc2O)CCCC1. The topological polar surface area (TPSA) is 62.2 Å². The number of nitrogens with one attached hydrogen (secondary N) is 1. The first-order chi connectivity index (χ1) is 8.11. The van der Waals surface area contributed by atoms with Gasteiger partial charge in [-0.2, -0.15) is 0 Å². The number of hydrogen-bond acceptors (Lipinski definition) is 3. The van der Waals surface area contributed by atoms with E-state index in [1.54, 1.807) is 0 Å². The zero-order chi connectivity index (χ0) is 12.3. The van der Waals surface area contributed by atoms with Crippen LogP contribution in [0.15, 0.2) is 18.5 Å². The van der Waals surface area contributed by atoms with Crippen LogP contribution in [-0.2, 0) is 0 Å². The number of aromatic hydroxyl groups is 1. The maximum absolute atomic E-state index is 11.9. The van der Waals surface area contributed by atoms with E-state index in [0.29, 0.717) is 12.1 Å². The van der Waals surface area contributed by atoms with E-state index >= 15 is 0 Å². The smallest absolute Gasteiger partial charge is 0.255 e. The summed E-state index contributed by atoms with van der Waals surface area (Å²) >= 11 is 0. The zero-order valence-corrected chi connectivity index (χ0v) is 10.1. The molecule has 1 saturated carbocycles. The second kappa shape index (κ2) is 4.73. The van der Waals surface area contributed by atoms with Crippen LogP contribution in [0.5, 0.6) is 5.75 Å². The fourth-order valence-corrected chi connectivity index (χ4v) is 2.37. The van der Waals surface area contributed by atoms with E-state index in [1.165, 1.54) is 31.3 Å². The van der Waals surface area contributed by atoms with Crippen LogP contribution in [0.2, 0.25) is 0 Å². The summed E-state index contributed by atoms with van der Waals surface area (Å²) in [5.74, 6) is -0.292. The Morgan fingerprint density at radius 3 is 2.88 bits per heavy atom. The van der Waals surface area contributed by atoms with Crippen molar-refractivity contribution in [3.63, 3.8) is 0 Å². The third-order valence-corrected chi connectivity index (χ3v) is 3.53. The van der Waals surface area contributed by atoms with E-state index in [0.717, 1.165) is 12.8 Å². The summed E-state index contributed by atoms with van der Waals surface area (Å²) in [5.41, 5.74) is 0.514. The van der Waals surface area contributed by atoms with Gasteiger partial charge in [-0.05, 0) is 24.3 Å². The molecule has 2 rings (SSSR count). The highest BCUT2D eigenvalue weighted by Gasteiger charge is 2.29. The Hall–Kier alpha value is -1.58. The van der Waals surface area contributed by atoms with Crippen molar-refractivity contribution >= 4 is 5.91 Å². The summed E-state index contributed by atoms with van der Waals surface area (Å²) in [5, 5.41) is 12.4. The third kappa shape index (κ3) is 2.75. The van der Waals surface area contributed by atoms with Gasteiger partial charge >= 0.3 is 0 Å². The molecular weight excluding hydrogens is 216 g/mol. The fraction of sp³-hybridized carbons (Fsp3) is 0.538. The molecular formula is C13H18N2O2. The van der Waals surface area contributed by atoms with Crippen molar-refractivity contribution in [2.45, 2.75) is 32.6 Å². The normalized spacial score (nSPS) is 17.9. The third-order valence-electron chi connectivity index (χ3n) is 3.53. The van der Waals surface area contributed by atoms with Gasteiger partial charge in [-0.15, -0.1) is 0 Å². The molecule has 4 heteroatoms. The molecule has 1 aromatic rings. The van der Waals surface area contributed by atoms with Crippen molar-refractivity contribution in [1.82, 2.24) is 10.3 Å². The highest BCUT2D eigenvalue weighted by Crippen LogP contribution is 2.36. The Balaban J connectivity index is 1.96. The minimum atomic E-state index is -0.224. The van der Waals surface area contributed by atoms with Gasteiger partial charge in [-0.1, -0.05) is 19.8 Å². The van der Waals surface area contributed by atoms with Crippen molar-refractivity contribution in [3.8, 4) is 5.75 Å². The molecule has 1 aliphatic rings. The molecule has 0 saturated heterocycles. The minimum absolute atomic E-state index is 0.0680. The number of hydrogen-bond donors (Lipinski definition) is 2. The van der Waals surface area contributed by atoms with Gasteiger partial charge in [0, 0.05) is 12.7 Å². The van der Waals surface area contributed by atoms with E-state index < -0.39 is 0 Å². The average Bonchev–Trinajstić information content (AvgIpc) is 2.74. The molecule has 1 aliphatic carbocycles. The molecule has 4 nitrogen and oxygen atoms in total. The molecule has 92 valence electrons. The molecule has 1 fully saturated rings. The van der Waals surface area contributed by atoms with Crippen LogP contribution in [0.3, 0.4) is 0 Å². The van der Waals surface area contributed by atoms with E-state index in [9.17, 15) is 9.90 Å². The Morgan fingerprint density at radius 2 is 2.24 bits per heavy atom. The summed E-state index contributed by atoms with van der Waals surface area (Å²) < 4.78 is 0. The van der Waals surface area contributed by atoms with Crippen molar-refractivity contribution in [1.29, 1.82) is 0 Å². The van der Waals surface area contributed by atoms with Crippen molar-refractivity contribution in [2.75, 3.05) is 6.54 Å². The lowest BCUT2D eigenvalue weighted by molar-refractivity contribution is 0.0931. The largest absolute Gasteiger partial charge is 0.505 e. The standard InChI is InChI=1S/C13H18N2O2/c1-13(5-2-3-6-13)9-15-12(17)10-4-7-14-8-11(10)16/h4,7-8,16H,2-3,5-6,9H2,1H3,(H,15,17). The quantitative estimate of drug-likeness (QED) is 0.841. The van der Waals surface area contributed by atoms with Crippen LogP contribution in [0.4, 0.5) is 0 Å². The number of amides is 1. The number of aromatic nitrogens is 1. The van der Waals surface area contributed by atoms with E-state index in [4.69, 9.17) is 0 Å². The van der Waals surface area contributed by atoms with Crippen molar-refractivity contribution in [3.05, 3.63) is 24.0 Å². The average molecular weight is 234 g/mol. The molecule has 0 bridgehead atoms. The lowest BCUT2D eigenvalue weighted by atomic mass is 9.89. The van der Waals surface area contributed by atoms with Gasteiger partial charge in [0.1, 0.15) is 5.75 Å². The van der Waals surface area contributed by atoms with E-state index in [2.05, 4.69) is 17.2 Å². The first-order valence-electron chi connectivity index (χ1n) is 6.02. The fourth-order valence-electron chi connectivity index (χ4n) is 2.37. The summed E-state index contributed by atoms with van der Waals surface area (Å²) in [4.78, 5) is 15.6. The second-order valence-electron chi connectivity index (χ2n) is 5.09. The van der Waals surface area contributed by atoms with Crippen LogP contribution in [0, 0.1) is 5.41 Å². The van der Waals surface area contributed by atoms with E-state index in [1.807, 2.05) is 0 Å². The minimum Gasteiger partial charge on any atom is -0.505 e. The molecule has 0 aromatic carbocycles. The summed E-state index contributed by atoms with van der Waals surface area (Å²) in [6.07, 6.45) is 7.60. The Labute approximate surface area is 101 Å². The molecule has 0 unspecified atom stereocenters. The molecule has 0 atom stereocenters.